The van der Waals surface area contributed by atoms with Crippen LogP contribution in [0.1, 0.15) is 25.5 Å². The van der Waals surface area contributed by atoms with E-state index < -0.39 is 6.04 Å². The Labute approximate surface area is 128 Å². The number of carbonyl (C=O) groups is 1. The molecule has 5 nitrogen and oxygen atoms in total. The third-order valence-corrected chi connectivity index (χ3v) is 3.24. The number of aryl methyl sites for hydroxylation is 1. The molecule has 1 N–H and O–H groups in total. The molecule has 0 radical (unpaired) electrons. The van der Waals surface area contributed by atoms with Crippen LogP contribution in [0.15, 0.2) is 36.7 Å². The van der Waals surface area contributed by atoms with Crippen LogP contribution in [-0.4, -0.2) is 22.4 Å². The molecular formula is C15H18ClN3O2. The molecule has 0 spiro atoms. The van der Waals surface area contributed by atoms with Crippen LogP contribution >= 0.6 is 11.6 Å². The summed E-state index contributed by atoms with van der Waals surface area (Å²) in [6.45, 7) is 4.85. The molecule has 0 bridgehead atoms. The molecule has 0 aliphatic rings. The normalized spacial score (nSPS) is 12.0. The van der Waals surface area contributed by atoms with Gasteiger partial charge in [0.15, 0.2) is 6.04 Å². The van der Waals surface area contributed by atoms with E-state index in [4.69, 9.17) is 16.3 Å². The minimum Gasteiger partial charge on any atom is -0.464 e. The number of hydrogen-bond acceptors (Lipinski definition) is 4. The molecular weight excluding hydrogens is 290 g/mol. The smallest absolute Gasteiger partial charge is 0.333 e. The Bertz CT molecular complexity index is 595. The Morgan fingerprint density at radius 2 is 2.10 bits per heavy atom. The second kappa shape index (κ2) is 7.13. The SMILES string of the molecule is CCOC(=O)C(Nc1ccc(Cl)cc1)c1cnn(CC)c1. The lowest BCUT2D eigenvalue weighted by atomic mass is 10.1. The maximum atomic E-state index is 12.2. The predicted octanol–water partition coefficient (Wildman–Crippen LogP) is 3.27. The summed E-state index contributed by atoms with van der Waals surface area (Å²) in [7, 11) is 0. The third-order valence-electron chi connectivity index (χ3n) is 2.99. The number of anilines is 1. The molecule has 0 saturated carbocycles. The molecule has 112 valence electrons. The van der Waals surface area contributed by atoms with Crippen LogP contribution in [0.2, 0.25) is 5.02 Å². The number of nitrogens with zero attached hydrogens (tertiary/aromatic N) is 2. The van der Waals surface area contributed by atoms with Gasteiger partial charge in [-0.15, -0.1) is 0 Å². The van der Waals surface area contributed by atoms with Crippen molar-refractivity contribution in [2.75, 3.05) is 11.9 Å². The van der Waals surface area contributed by atoms with E-state index in [1.807, 2.05) is 25.3 Å². The Balaban J connectivity index is 2.23. The van der Waals surface area contributed by atoms with Crippen molar-refractivity contribution >= 4 is 23.3 Å². The van der Waals surface area contributed by atoms with E-state index in [0.29, 0.717) is 11.6 Å². The Kier molecular flexibility index (Phi) is 5.22. The second-order valence-electron chi connectivity index (χ2n) is 4.47. The number of ether oxygens (including phenoxy) is 1. The Morgan fingerprint density at radius 3 is 2.67 bits per heavy atom. The van der Waals surface area contributed by atoms with E-state index in [1.54, 1.807) is 29.9 Å². The summed E-state index contributed by atoms with van der Waals surface area (Å²) in [6.07, 6.45) is 3.51. The van der Waals surface area contributed by atoms with Crippen molar-refractivity contribution in [2.45, 2.75) is 26.4 Å². The zero-order chi connectivity index (χ0) is 15.2. The van der Waals surface area contributed by atoms with Crippen molar-refractivity contribution in [3.8, 4) is 0 Å². The van der Waals surface area contributed by atoms with Crippen LogP contribution in [0.4, 0.5) is 5.69 Å². The van der Waals surface area contributed by atoms with Crippen molar-refractivity contribution in [1.29, 1.82) is 0 Å². The van der Waals surface area contributed by atoms with Crippen molar-refractivity contribution in [1.82, 2.24) is 9.78 Å². The Hall–Kier alpha value is -2.01. The molecule has 1 atom stereocenters. The highest BCUT2D eigenvalue weighted by Crippen LogP contribution is 2.22. The number of hydrogen-bond donors (Lipinski definition) is 1. The zero-order valence-corrected chi connectivity index (χ0v) is 12.8. The van der Waals surface area contributed by atoms with Crippen LogP contribution < -0.4 is 5.32 Å². The van der Waals surface area contributed by atoms with Gasteiger partial charge in [0.1, 0.15) is 0 Å². The van der Waals surface area contributed by atoms with Crippen LogP contribution in [-0.2, 0) is 16.1 Å². The highest BCUT2D eigenvalue weighted by molar-refractivity contribution is 6.30. The van der Waals surface area contributed by atoms with Crippen LogP contribution in [0, 0.1) is 0 Å². The lowest BCUT2D eigenvalue weighted by Crippen LogP contribution is -2.23. The van der Waals surface area contributed by atoms with Crippen LogP contribution in [0.5, 0.6) is 0 Å². The van der Waals surface area contributed by atoms with E-state index >= 15 is 0 Å². The number of rotatable bonds is 6. The predicted molar refractivity (Wildman–Crippen MR) is 82.3 cm³/mol. The molecule has 0 fully saturated rings. The van der Waals surface area contributed by atoms with Gasteiger partial charge < -0.3 is 10.1 Å². The van der Waals surface area contributed by atoms with Crippen LogP contribution in [0.3, 0.4) is 0 Å². The molecule has 0 aliphatic heterocycles. The summed E-state index contributed by atoms with van der Waals surface area (Å²) in [5, 5.41) is 8.01. The minimum absolute atomic E-state index is 0.330. The summed E-state index contributed by atoms with van der Waals surface area (Å²) < 4.78 is 6.90. The highest BCUT2D eigenvalue weighted by atomic mass is 35.5. The van der Waals surface area contributed by atoms with Gasteiger partial charge in [-0.05, 0) is 38.1 Å². The second-order valence-corrected chi connectivity index (χ2v) is 4.90. The maximum absolute atomic E-state index is 12.2. The van der Waals surface area contributed by atoms with Gasteiger partial charge in [0.25, 0.3) is 0 Å². The molecule has 0 aliphatic carbocycles. The van der Waals surface area contributed by atoms with E-state index in [2.05, 4.69) is 10.4 Å². The number of benzene rings is 1. The number of carbonyl (C=O) groups excluding carboxylic acids is 1. The van der Waals surface area contributed by atoms with E-state index in [0.717, 1.165) is 17.8 Å². The maximum Gasteiger partial charge on any atom is 0.333 e. The number of aromatic nitrogens is 2. The van der Waals surface area contributed by atoms with Crippen molar-refractivity contribution in [3.05, 3.63) is 47.2 Å². The van der Waals surface area contributed by atoms with Crippen molar-refractivity contribution in [2.24, 2.45) is 0 Å². The minimum atomic E-state index is -0.591. The topological polar surface area (TPSA) is 56.1 Å². The van der Waals surface area contributed by atoms with Gasteiger partial charge in [0.2, 0.25) is 0 Å². The summed E-state index contributed by atoms with van der Waals surface area (Å²) in [6, 6.07) is 6.58. The Morgan fingerprint density at radius 1 is 1.38 bits per heavy atom. The first-order valence-corrected chi connectivity index (χ1v) is 7.23. The van der Waals surface area contributed by atoms with E-state index in [-0.39, 0.29) is 5.97 Å². The average molecular weight is 308 g/mol. The molecule has 0 saturated heterocycles. The largest absolute Gasteiger partial charge is 0.464 e. The van der Waals surface area contributed by atoms with Gasteiger partial charge in [-0.1, -0.05) is 11.6 Å². The first kappa shape index (κ1) is 15.4. The summed E-state index contributed by atoms with van der Waals surface area (Å²) in [5.74, 6) is -0.330. The van der Waals surface area contributed by atoms with Gasteiger partial charge in [-0.2, -0.15) is 5.10 Å². The fourth-order valence-corrected chi connectivity index (χ4v) is 2.04. The molecule has 0 amide bonds. The average Bonchev–Trinajstić information content (AvgIpc) is 2.95. The zero-order valence-electron chi connectivity index (χ0n) is 12.0. The molecule has 2 rings (SSSR count). The highest BCUT2D eigenvalue weighted by Gasteiger charge is 2.23. The summed E-state index contributed by atoms with van der Waals surface area (Å²) >= 11 is 5.87. The van der Waals surface area contributed by atoms with Crippen molar-refractivity contribution < 1.29 is 9.53 Å². The summed E-state index contributed by atoms with van der Waals surface area (Å²) in [4.78, 5) is 12.2. The molecule has 1 aromatic carbocycles. The van der Waals surface area contributed by atoms with Gasteiger partial charge in [-0.3, -0.25) is 4.68 Å². The van der Waals surface area contributed by atoms with E-state index in [9.17, 15) is 4.79 Å². The van der Waals surface area contributed by atoms with Gasteiger partial charge in [-0.25, -0.2) is 4.79 Å². The summed E-state index contributed by atoms with van der Waals surface area (Å²) in [5.41, 5.74) is 1.56. The third kappa shape index (κ3) is 3.98. The van der Waals surface area contributed by atoms with Crippen molar-refractivity contribution in [3.63, 3.8) is 0 Å². The fraction of sp³-hybridized carbons (Fsp3) is 0.333. The molecule has 21 heavy (non-hydrogen) atoms. The lowest BCUT2D eigenvalue weighted by molar-refractivity contribution is -0.144. The first-order valence-electron chi connectivity index (χ1n) is 6.85. The number of halogens is 1. The molecule has 6 heteroatoms. The fourth-order valence-electron chi connectivity index (χ4n) is 1.92. The monoisotopic (exact) mass is 307 g/mol. The number of nitrogens with one attached hydrogen (secondary N) is 1. The first-order chi connectivity index (χ1) is 10.1. The quantitative estimate of drug-likeness (QED) is 0.832. The molecule has 1 heterocycles. The van der Waals surface area contributed by atoms with Gasteiger partial charge in [0.05, 0.1) is 12.8 Å². The lowest BCUT2D eigenvalue weighted by Gasteiger charge is -2.17. The molecule has 2 aromatic rings. The molecule has 1 aromatic heterocycles. The standard InChI is InChI=1S/C15H18ClN3O2/c1-3-19-10-11(9-17-19)14(15(20)21-4-2)18-13-7-5-12(16)6-8-13/h5-10,14,18H,3-4H2,1-2H3. The molecule has 1 unspecified atom stereocenters. The van der Waals surface area contributed by atoms with Gasteiger partial charge >= 0.3 is 5.97 Å². The van der Waals surface area contributed by atoms with E-state index in [1.165, 1.54) is 0 Å². The van der Waals surface area contributed by atoms with Gasteiger partial charge in [0, 0.05) is 29.0 Å². The number of esters is 1. The van der Waals surface area contributed by atoms with Crippen LogP contribution in [0.25, 0.3) is 0 Å².